The number of phenols is 1. The van der Waals surface area contributed by atoms with Gasteiger partial charge < -0.3 is 14.7 Å². The van der Waals surface area contributed by atoms with Crippen LogP contribution in [-0.4, -0.2) is 41.2 Å². The molecule has 2 unspecified atom stereocenters. The molecule has 2 fully saturated rings. The molecule has 4 heteroatoms. The zero-order valence-corrected chi connectivity index (χ0v) is 11.1. The minimum absolute atomic E-state index is 0.0673. The van der Waals surface area contributed by atoms with E-state index in [1.165, 1.54) is 0 Å². The van der Waals surface area contributed by atoms with E-state index in [0.29, 0.717) is 18.7 Å². The molecular weight excluding hydrogens is 242 g/mol. The first-order valence-corrected chi connectivity index (χ1v) is 6.89. The summed E-state index contributed by atoms with van der Waals surface area (Å²) < 4.78 is 5.73. The van der Waals surface area contributed by atoms with Gasteiger partial charge in [0.25, 0.3) is 5.91 Å². The normalized spacial score (nSPS) is 26.3. The van der Waals surface area contributed by atoms with Gasteiger partial charge in [-0.3, -0.25) is 4.79 Å². The molecule has 0 aromatic heterocycles. The Hall–Kier alpha value is -1.55. The highest BCUT2D eigenvalue weighted by atomic mass is 16.5. The smallest absolute Gasteiger partial charge is 0.254 e. The molecule has 2 aliphatic rings. The van der Waals surface area contributed by atoms with Crippen LogP contribution in [0.15, 0.2) is 18.2 Å². The summed E-state index contributed by atoms with van der Waals surface area (Å²) in [7, 11) is 0. The van der Waals surface area contributed by atoms with E-state index in [-0.39, 0.29) is 23.8 Å². The van der Waals surface area contributed by atoms with Crippen LogP contribution in [0.3, 0.4) is 0 Å². The van der Waals surface area contributed by atoms with E-state index < -0.39 is 0 Å². The maximum Gasteiger partial charge on any atom is 0.254 e. The van der Waals surface area contributed by atoms with Crippen LogP contribution in [0.25, 0.3) is 0 Å². The second kappa shape index (κ2) is 4.85. The Labute approximate surface area is 113 Å². The maximum atomic E-state index is 12.7. The van der Waals surface area contributed by atoms with Crippen LogP contribution in [0.1, 0.15) is 35.2 Å². The minimum atomic E-state index is 0.0673. The predicted molar refractivity (Wildman–Crippen MR) is 71.3 cm³/mol. The van der Waals surface area contributed by atoms with E-state index in [1.54, 1.807) is 18.2 Å². The molecule has 1 aliphatic carbocycles. The molecule has 1 aromatic rings. The van der Waals surface area contributed by atoms with Gasteiger partial charge in [-0.05, 0) is 49.9 Å². The third-order valence-corrected chi connectivity index (χ3v) is 4.18. The number of rotatable bonds is 1. The van der Waals surface area contributed by atoms with Crippen molar-refractivity contribution in [2.24, 2.45) is 0 Å². The third kappa shape index (κ3) is 2.21. The number of aryl methyl sites for hydroxylation is 1. The number of morpholine rings is 1. The maximum absolute atomic E-state index is 12.7. The van der Waals surface area contributed by atoms with Crippen LogP contribution in [0.2, 0.25) is 0 Å². The van der Waals surface area contributed by atoms with Crippen molar-refractivity contribution < 1.29 is 14.6 Å². The van der Waals surface area contributed by atoms with Crippen molar-refractivity contribution in [3.8, 4) is 5.75 Å². The van der Waals surface area contributed by atoms with Crippen LogP contribution in [0.4, 0.5) is 0 Å². The summed E-state index contributed by atoms with van der Waals surface area (Å²) in [6.45, 7) is 3.16. The molecule has 1 saturated heterocycles. The quantitative estimate of drug-likeness (QED) is 0.842. The highest BCUT2D eigenvalue weighted by molar-refractivity contribution is 5.96. The summed E-state index contributed by atoms with van der Waals surface area (Å²) in [4.78, 5) is 14.6. The highest BCUT2D eigenvalue weighted by Gasteiger charge is 2.38. The molecule has 1 heterocycles. The van der Waals surface area contributed by atoms with E-state index in [2.05, 4.69) is 0 Å². The van der Waals surface area contributed by atoms with Crippen molar-refractivity contribution in [1.82, 2.24) is 4.90 Å². The number of phenolic OH excluding ortho intramolecular Hbond substituents is 1. The van der Waals surface area contributed by atoms with Gasteiger partial charge >= 0.3 is 0 Å². The van der Waals surface area contributed by atoms with Crippen molar-refractivity contribution >= 4 is 5.91 Å². The first kappa shape index (κ1) is 12.5. The Morgan fingerprint density at radius 2 is 2.26 bits per heavy atom. The van der Waals surface area contributed by atoms with Crippen molar-refractivity contribution in [1.29, 1.82) is 0 Å². The molecule has 1 amide bonds. The number of nitrogens with zero attached hydrogens (tertiary/aromatic N) is 1. The monoisotopic (exact) mass is 261 g/mol. The Morgan fingerprint density at radius 1 is 1.42 bits per heavy atom. The Balaban J connectivity index is 1.86. The summed E-state index contributed by atoms with van der Waals surface area (Å²) in [5.41, 5.74) is 1.51. The molecule has 1 saturated carbocycles. The number of ether oxygens (including phenoxy) is 1. The largest absolute Gasteiger partial charge is 0.508 e. The molecule has 0 spiro atoms. The molecule has 1 aliphatic heterocycles. The van der Waals surface area contributed by atoms with Gasteiger partial charge in [0, 0.05) is 12.1 Å². The van der Waals surface area contributed by atoms with E-state index in [4.69, 9.17) is 4.74 Å². The standard InChI is InChI=1S/C15H19NO3/c1-10-9-11(17)5-6-12(10)15(18)16-7-8-19-14-4-2-3-13(14)16/h5-6,9,13-14,17H,2-4,7-8H2,1H3. The average Bonchev–Trinajstić information content (AvgIpc) is 2.86. The Kier molecular flexibility index (Phi) is 3.19. The first-order valence-electron chi connectivity index (χ1n) is 6.89. The van der Waals surface area contributed by atoms with E-state index in [0.717, 1.165) is 24.8 Å². The molecule has 1 aromatic carbocycles. The lowest BCUT2D eigenvalue weighted by molar-refractivity contribution is -0.0445. The van der Waals surface area contributed by atoms with Gasteiger partial charge in [-0.2, -0.15) is 0 Å². The fraction of sp³-hybridized carbons (Fsp3) is 0.533. The van der Waals surface area contributed by atoms with Gasteiger partial charge in [0.05, 0.1) is 18.8 Å². The van der Waals surface area contributed by atoms with Crippen molar-refractivity contribution in [3.63, 3.8) is 0 Å². The lowest BCUT2D eigenvalue weighted by Gasteiger charge is -2.38. The summed E-state index contributed by atoms with van der Waals surface area (Å²) in [5.74, 6) is 0.271. The zero-order chi connectivity index (χ0) is 13.4. The predicted octanol–water partition coefficient (Wildman–Crippen LogP) is 2.09. The van der Waals surface area contributed by atoms with Crippen molar-refractivity contribution in [2.45, 2.75) is 38.3 Å². The average molecular weight is 261 g/mol. The van der Waals surface area contributed by atoms with Crippen LogP contribution < -0.4 is 0 Å². The van der Waals surface area contributed by atoms with Crippen LogP contribution in [0.5, 0.6) is 5.75 Å². The first-order chi connectivity index (χ1) is 9.16. The number of carbonyl (C=O) groups excluding carboxylic acids is 1. The SMILES string of the molecule is Cc1cc(O)ccc1C(=O)N1CCOC2CCCC21. The third-order valence-electron chi connectivity index (χ3n) is 4.18. The van der Waals surface area contributed by atoms with Gasteiger partial charge in [0.1, 0.15) is 5.75 Å². The number of hydrogen-bond donors (Lipinski definition) is 1. The molecule has 4 nitrogen and oxygen atoms in total. The number of hydrogen-bond acceptors (Lipinski definition) is 3. The Morgan fingerprint density at radius 3 is 3.05 bits per heavy atom. The van der Waals surface area contributed by atoms with Gasteiger partial charge in [-0.15, -0.1) is 0 Å². The Bertz CT molecular complexity index is 500. The van der Waals surface area contributed by atoms with E-state index in [9.17, 15) is 9.90 Å². The highest BCUT2D eigenvalue weighted by Crippen LogP contribution is 2.31. The molecule has 2 atom stereocenters. The lowest BCUT2D eigenvalue weighted by atomic mass is 10.0. The number of benzene rings is 1. The molecule has 0 radical (unpaired) electrons. The number of amides is 1. The van der Waals surface area contributed by atoms with E-state index >= 15 is 0 Å². The number of carbonyl (C=O) groups is 1. The van der Waals surface area contributed by atoms with Gasteiger partial charge in [-0.1, -0.05) is 0 Å². The molecule has 0 bridgehead atoms. The van der Waals surface area contributed by atoms with Crippen molar-refractivity contribution in [2.75, 3.05) is 13.2 Å². The summed E-state index contributed by atoms with van der Waals surface area (Å²) in [5, 5.41) is 9.43. The van der Waals surface area contributed by atoms with Gasteiger partial charge in [0.15, 0.2) is 0 Å². The second-order valence-electron chi connectivity index (χ2n) is 5.41. The topological polar surface area (TPSA) is 49.8 Å². The van der Waals surface area contributed by atoms with Crippen molar-refractivity contribution in [3.05, 3.63) is 29.3 Å². The second-order valence-corrected chi connectivity index (χ2v) is 5.41. The van der Waals surface area contributed by atoms with Gasteiger partial charge in [0.2, 0.25) is 0 Å². The van der Waals surface area contributed by atoms with Crippen LogP contribution in [0, 0.1) is 6.92 Å². The number of aromatic hydroxyl groups is 1. The molecule has 102 valence electrons. The lowest BCUT2D eigenvalue weighted by Crippen LogP contribution is -2.51. The van der Waals surface area contributed by atoms with E-state index in [1.807, 2.05) is 11.8 Å². The summed E-state index contributed by atoms with van der Waals surface area (Å²) in [6.07, 6.45) is 3.44. The van der Waals surface area contributed by atoms with Gasteiger partial charge in [-0.25, -0.2) is 0 Å². The van der Waals surface area contributed by atoms with Crippen LogP contribution >= 0.6 is 0 Å². The summed E-state index contributed by atoms with van der Waals surface area (Å²) >= 11 is 0. The summed E-state index contributed by atoms with van der Waals surface area (Å²) in [6, 6.07) is 5.16. The fourth-order valence-electron chi connectivity index (χ4n) is 3.22. The fourth-order valence-corrected chi connectivity index (χ4v) is 3.22. The molecule has 1 N–H and O–H groups in total. The molecule has 19 heavy (non-hydrogen) atoms. The molecule has 3 rings (SSSR count). The zero-order valence-electron chi connectivity index (χ0n) is 11.1. The minimum Gasteiger partial charge on any atom is -0.508 e. The number of fused-ring (bicyclic) bond motifs is 1. The van der Waals surface area contributed by atoms with Crippen LogP contribution in [-0.2, 0) is 4.74 Å². The molecular formula is C15H19NO3.